The molecule has 0 aliphatic heterocycles. The maximum Gasteiger partial charge on any atom is 0.191 e. The molecule has 0 aromatic heterocycles. The van der Waals surface area contributed by atoms with E-state index < -0.39 is 0 Å². The number of nitrogens with zero attached hydrogens (tertiary/aromatic N) is 1. The zero-order valence-corrected chi connectivity index (χ0v) is 13.8. The molecule has 1 aromatic rings. The fraction of sp³-hybridized carbons (Fsp3) is 0.526. The van der Waals surface area contributed by atoms with Crippen molar-refractivity contribution in [3.05, 3.63) is 47.5 Å². The Hall–Kier alpha value is -1.77. The van der Waals surface area contributed by atoms with Crippen LogP contribution in [0.2, 0.25) is 0 Å². The fourth-order valence-corrected chi connectivity index (χ4v) is 3.13. The van der Waals surface area contributed by atoms with Crippen LogP contribution in [0.4, 0.5) is 0 Å². The summed E-state index contributed by atoms with van der Waals surface area (Å²) < 4.78 is 0. The summed E-state index contributed by atoms with van der Waals surface area (Å²) in [6.45, 7) is 4.48. The van der Waals surface area contributed by atoms with Gasteiger partial charge < -0.3 is 10.6 Å². The Morgan fingerprint density at radius 1 is 1.09 bits per heavy atom. The third kappa shape index (κ3) is 3.52. The number of nitrogens with one attached hydrogen (secondary N) is 2. The van der Waals surface area contributed by atoms with E-state index >= 15 is 0 Å². The van der Waals surface area contributed by atoms with Gasteiger partial charge in [-0.05, 0) is 36.3 Å². The van der Waals surface area contributed by atoms with Crippen molar-refractivity contribution in [1.29, 1.82) is 0 Å². The molecule has 118 valence electrons. The molecule has 0 amide bonds. The molecule has 1 aromatic carbocycles. The highest BCUT2D eigenvalue weighted by Gasteiger charge is 2.39. The second-order valence-corrected chi connectivity index (χ2v) is 6.77. The van der Waals surface area contributed by atoms with Crippen molar-refractivity contribution in [2.45, 2.75) is 57.0 Å². The Balaban J connectivity index is 1.52. The molecule has 2 atom stereocenters. The van der Waals surface area contributed by atoms with E-state index in [9.17, 15) is 0 Å². The Bertz CT molecular complexity index is 549. The van der Waals surface area contributed by atoms with Gasteiger partial charge in [-0.1, -0.05) is 50.3 Å². The van der Waals surface area contributed by atoms with Crippen LogP contribution in [0.5, 0.6) is 0 Å². The first-order valence-electron chi connectivity index (χ1n) is 8.42. The number of hydrogen-bond donors (Lipinski definition) is 2. The highest BCUT2D eigenvalue weighted by atomic mass is 15.2. The second-order valence-electron chi connectivity index (χ2n) is 6.77. The molecule has 0 saturated heterocycles. The van der Waals surface area contributed by atoms with Gasteiger partial charge in [0.1, 0.15) is 0 Å². The summed E-state index contributed by atoms with van der Waals surface area (Å²) in [5.41, 5.74) is 2.86. The molecule has 2 unspecified atom stereocenters. The van der Waals surface area contributed by atoms with Gasteiger partial charge in [0.05, 0.1) is 0 Å². The lowest BCUT2D eigenvalue weighted by Crippen LogP contribution is -2.43. The van der Waals surface area contributed by atoms with Gasteiger partial charge in [0.25, 0.3) is 0 Å². The minimum Gasteiger partial charge on any atom is -0.353 e. The molecule has 1 saturated carbocycles. The van der Waals surface area contributed by atoms with E-state index in [1.54, 1.807) is 0 Å². The van der Waals surface area contributed by atoms with Crippen molar-refractivity contribution in [1.82, 2.24) is 10.6 Å². The van der Waals surface area contributed by atoms with Gasteiger partial charge in [-0.2, -0.15) is 0 Å². The summed E-state index contributed by atoms with van der Waals surface area (Å²) in [7, 11) is 1.85. The van der Waals surface area contributed by atoms with Gasteiger partial charge in [-0.3, -0.25) is 4.99 Å². The van der Waals surface area contributed by atoms with Gasteiger partial charge in [-0.25, -0.2) is 0 Å². The molecule has 3 heteroatoms. The van der Waals surface area contributed by atoms with Crippen molar-refractivity contribution >= 4 is 5.96 Å². The van der Waals surface area contributed by atoms with E-state index in [1.165, 1.54) is 17.5 Å². The van der Waals surface area contributed by atoms with Gasteiger partial charge in [0.2, 0.25) is 0 Å². The third-order valence-corrected chi connectivity index (χ3v) is 4.72. The minimum atomic E-state index is 0.508. The maximum absolute atomic E-state index is 4.36. The first-order valence-corrected chi connectivity index (χ1v) is 8.42. The van der Waals surface area contributed by atoms with E-state index in [2.05, 4.69) is 65.9 Å². The SMILES string of the molecule is CN=C(NC1CC=CC1)NC1CC1c1ccc(C(C)C)cc1. The molecule has 3 rings (SSSR count). The Labute approximate surface area is 133 Å². The van der Waals surface area contributed by atoms with E-state index in [0.717, 1.165) is 18.8 Å². The fourth-order valence-electron chi connectivity index (χ4n) is 3.13. The topological polar surface area (TPSA) is 36.4 Å². The smallest absolute Gasteiger partial charge is 0.191 e. The predicted octanol–water partition coefficient (Wildman–Crippen LogP) is 3.55. The summed E-state index contributed by atoms with van der Waals surface area (Å²) in [6, 6.07) is 10.1. The van der Waals surface area contributed by atoms with Crippen molar-refractivity contribution in [2.24, 2.45) is 4.99 Å². The summed E-state index contributed by atoms with van der Waals surface area (Å²) in [4.78, 5) is 4.36. The van der Waals surface area contributed by atoms with Crippen LogP contribution < -0.4 is 10.6 Å². The van der Waals surface area contributed by atoms with E-state index in [-0.39, 0.29) is 0 Å². The molecule has 2 aliphatic rings. The molecule has 22 heavy (non-hydrogen) atoms. The number of rotatable bonds is 4. The minimum absolute atomic E-state index is 0.508. The monoisotopic (exact) mass is 297 g/mol. The average Bonchev–Trinajstić information content (AvgIpc) is 3.10. The first-order chi connectivity index (χ1) is 10.7. The van der Waals surface area contributed by atoms with Gasteiger partial charge in [-0.15, -0.1) is 0 Å². The predicted molar refractivity (Wildman–Crippen MR) is 93.5 cm³/mol. The van der Waals surface area contributed by atoms with Crippen LogP contribution in [0, 0.1) is 0 Å². The molecular formula is C19H27N3. The lowest BCUT2D eigenvalue weighted by Gasteiger charge is -2.17. The van der Waals surface area contributed by atoms with Gasteiger partial charge in [0, 0.05) is 25.0 Å². The zero-order valence-electron chi connectivity index (χ0n) is 13.8. The Morgan fingerprint density at radius 3 is 2.36 bits per heavy atom. The van der Waals surface area contributed by atoms with Crippen LogP contribution in [0.3, 0.4) is 0 Å². The normalized spacial score (nSPS) is 24.8. The van der Waals surface area contributed by atoms with Crippen LogP contribution in [-0.4, -0.2) is 25.1 Å². The molecule has 0 heterocycles. The summed E-state index contributed by atoms with van der Waals surface area (Å²) in [5.74, 6) is 2.17. The third-order valence-electron chi connectivity index (χ3n) is 4.72. The number of benzene rings is 1. The second kappa shape index (κ2) is 6.55. The molecule has 0 radical (unpaired) electrons. The van der Waals surface area contributed by atoms with E-state index in [1.807, 2.05) is 7.05 Å². The van der Waals surface area contributed by atoms with Crippen LogP contribution in [-0.2, 0) is 0 Å². The Morgan fingerprint density at radius 2 is 1.77 bits per heavy atom. The van der Waals surface area contributed by atoms with Gasteiger partial charge in [0.15, 0.2) is 5.96 Å². The van der Waals surface area contributed by atoms with Crippen LogP contribution in [0.15, 0.2) is 41.4 Å². The lowest BCUT2D eigenvalue weighted by atomic mass is 10.0. The van der Waals surface area contributed by atoms with Crippen molar-refractivity contribution in [2.75, 3.05) is 7.05 Å². The number of aliphatic imine (C=N–C) groups is 1. The largest absolute Gasteiger partial charge is 0.353 e. The quantitative estimate of drug-likeness (QED) is 0.506. The highest BCUT2D eigenvalue weighted by molar-refractivity contribution is 5.81. The van der Waals surface area contributed by atoms with Crippen LogP contribution in [0.1, 0.15) is 56.1 Å². The lowest BCUT2D eigenvalue weighted by molar-refractivity contribution is 0.631. The Kier molecular flexibility index (Phi) is 4.51. The van der Waals surface area contributed by atoms with Crippen LogP contribution >= 0.6 is 0 Å². The van der Waals surface area contributed by atoms with Crippen molar-refractivity contribution in [3.8, 4) is 0 Å². The zero-order chi connectivity index (χ0) is 15.5. The van der Waals surface area contributed by atoms with Crippen LogP contribution in [0.25, 0.3) is 0 Å². The van der Waals surface area contributed by atoms with Crippen molar-refractivity contribution in [3.63, 3.8) is 0 Å². The highest BCUT2D eigenvalue weighted by Crippen LogP contribution is 2.41. The van der Waals surface area contributed by atoms with E-state index in [4.69, 9.17) is 0 Å². The molecule has 2 N–H and O–H groups in total. The average molecular weight is 297 g/mol. The molecule has 0 bridgehead atoms. The molecule has 0 spiro atoms. The van der Waals surface area contributed by atoms with Gasteiger partial charge >= 0.3 is 0 Å². The summed E-state index contributed by atoms with van der Waals surface area (Å²) >= 11 is 0. The number of hydrogen-bond acceptors (Lipinski definition) is 1. The van der Waals surface area contributed by atoms with Crippen molar-refractivity contribution < 1.29 is 0 Å². The van der Waals surface area contributed by atoms with E-state index in [0.29, 0.717) is 23.9 Å². The maximum atomic E-state index is 4.36. The first kappa shape index (κ1) is 15.1. The summed E-state index contributed by atoms with van der Waals surface area (Å²) in [5, 5.41) is 7.07. The standard InChI is InChI=1S/C19H27N3/c1-13(2)14-8-10-15(11-9-14)17-12-18(17)22-19(20-3)21-16-6-4-5-7-16/h4-5,8-11,13,16-18H,6-7,12H2,1-3H3,(H2,20,21,22). The molecule has 3 nitrogen and oxygen atoms in total. The molecule has 1 fully saturated rings. The number of guanidine groups is 1. The summed E-state index contributed by atoms with van der Waals surface area (Å²) in [6.07, 6.45) is 7.88. The molecule has 2 aliphatic carbocycles. The molecular weight excluding hydrogens is 270 g/mol.